The summed E-state index contributed by atoms with van der Waals surface area (Å²) in [7, 11) is 0. The quantitative estimate of drug-likeness (QED) is 0.730. The lowest BCUT2D eigenvalue weighted by molar-refractivity contribution is 0.512. The third-order valence-electron chi connectivity index (χ3n) is 2.57. The minimum atomic E-state index is 0.751. The van der Waals surface area contributed by atoms with Gasteiger partial charge in [0.05, 0.1) is 0 Å². The minimum Gasteiger partial charge on any atom is -0.461 e. The lowest BCUT2D eigenvalue weighted by atomic mass is 10.2. The Labute approximate surface area is 101 Å². The fourth-order valence-corrected chi connectivity index (χ4v) is 1.76. The van der Waals surface area contributed by atoms with Crippen LogP contribution < -0.4 is 0 Å². The molecule has 2 heteroatoms. The van der Waals surface area contributed by atoms with E-state index >= 15 is 0 Å². The molecule has 0 saturated heterocycles. The molecule has 0 unspecified atom stereocenters. The topological polar surface area (TPSA) is 13.1 Å². The van der Waals surface area contributed by atoms with Crippen molar-refractivity contribution < 1.29 is 4.42 Å². The van der Waals surface area contributed by atoms with Crippen LogP contribution in [0.4, 0.5) is 0 Å². The van der Waals surface area contributed by atoms with E-state index in [0.717, 1.165) is 28.5 Å². The molecule has 1 heterocycles. The smallest absolute Gasteiger partial charge is 0.134 e. The number of aryl methyl sites for hydroxylation is 1. The Morgan fingerprint density at radius 1 is 1.06 bits per heavy atom. The molecule has 16 heavy (non-hydrogen) atoms. The van der Waals surface area contributed by atoms with Crippen LogP contribution in [0.15, 0.2) is 40.8 Å². The summed E-state index contributed by atoms with van der Waals surface area (Å²) in [5, 5.41) is 0.751. The van der Waals surface area contributed by atoms with Crippen LogP contribution >= 0.6 is 11.6 Å². The van der Waals surface area contributed by atoms with Crippen molar-refractivity contribution in [3.05, 3.63) is 47.2 Å². The molecule has 0 spiro atoms. The SMILES string of the molecule is CCCCc1ccc(-c2ccc(Cl)cc2)o1. The summed E-state index contributed by atoms with van der Waals surface area (Å²) >= 11 is 5.84. The summed E-state index contributed by atoms with van der Waals surface area (Å²) in [4.78, 5) is 0. The number of unbranched alkanes of at least 4 members (excludes halogenated alkanes) is 1. The van der Waals surface area contributed by atoms with E-state index in [2.05, 4.69) is 13.0 Å². The van der Waals surface area contributed by atoms with Crippen LogP contribution in [-0.4, -0.2) is 0 Å². The highest BCUT2D eigenvalue weighted by Gasteiger charge is 2.04. The highest BCUT2D eigenvalue weighted by atomic mass is 35.5. The van der Waals surface area contributed by atoms with Gasteiger partial charge in [0, 0.05) is 17.0 Å². The maximum atomic E-state index is 5.84. The zero-order chi connectivity index (χ0) is 11.4. The van der Waals surface area contributed by atoms with Gasteiger partial charge < -0.3 is 4.42 Å². The predicted octanol–water partition coefficient (Wildman–Crippen LogP) is 4.94. The van der Waals surface area contributed by atoms with E-state index in [0.29, 0.717) is 0 Å². The van der Waals surface area contributed by atoms with Crippen LogP contribution in [0.1, 0.15) is 25.5 Å². The third-order valence-corrected chi connectivity index (χ3v) is 2.82. The van der Waals surface area contributed by atoms with Crippen molar-refractivity contribution in [2.24, 2.45) is 0 Å². The van der Waals surface area contributed by atoms with Crippen molar-refractivity contribution in [1.29, 1.82) is 0 Å². The lowest BCUT2D eigenvalue weighted by Gasteiger charge is -1.97. The van der Waals surface area contributed by atoms with Crippen molar-refractivity contribution in [2.75, 3.05) is 0 Å². The second-order valence-electron chi connectivity index (χ2n) is 3.88. The summed E-state index contributed by atoms with van der Waals surface area (Å²) < 4.78 is 5.77. The van der Waals surface area contributed by atoms with E-state index in [1.54, 1.807) is 0 Å². The monoisotopic (exact) mass is 234 g/mol. The molecule has 1 nitrogen and oxygen atoms in total. The molecular weight excluding hydrogens is 220 g/mol. The van der Waals surface area contributed by atoms with Crippen molar-refractivity contribution in [1.82, 2.24) is 0 Å². The van der Waals surface area contributed by atoms with Gasteiger partial charge in [0.2, 0.25) is 0 Å². The van der Waals surface area contributed by atoms with Crippen molar-refractivity contribution in [3.8, 4) is 11.3 Å². The highest BCUT2D eigenvalue weighted by molar-refractivity contribution is 6.30. The first kappa shape index (κ1) is 11.3. The Bertz CT molecular complexity index is 442. The van der Waals surface area contributed by atoms with Crippen LogP contribution in [0.5, 0.6) is 0 Å². The summed E-state index contributed by atoms with van der Waals surface area (Å²) in [6, 6.07) is 11.8. The summed E-state index contributed by atoms with van der Waals surface area (Å²) in [5.41, 5.74) is 1.08. The van der Waals surface area contributed by atoms with Gasteiger partial charge in [-0.25, -0.2) is 0 Å². The van der Waals surface area contributed by atoms with E-state index in [1.807, 2.05) is 30.3 Å². The van der Waals surface area contributed by atoms with Gasteiger partial charge in [-0.15, -0.1) is 0 Å². The first-order chi connectivity index (χ1) is 7.79. The molecule has 0 aliphatic rings. The van der Waals surface area contributed by atoms with Crippen LogP contribution in [0.2, 0.25) is 5.02 Å². The molecule has 0 N–H and O–H groups in total. The predicted molar refractivity (Wildman–Crippen MR) is 67.8 cm³/mol. The molecule has 2 aromatic rings. The molecule has 0 atom stereocenters. The van der Waals surface area contributed by atoms with Gasteiger partial charge in [-0.3, -0.25) is 0 Å². The van der Waals surface area contributed by atoms with Crippen molar-refractivity contribution in [3.63, 3.8) is 0 Å². The van der Waals surface area contributed by atoms with Crippen molar-refractivity contribution >= 4 is 11.6 Å². The maximum Gasteiger partial charge on any atom is 0.134 e. The summed E-state index contributed by atoms with van der Waals surface area (Å²) in [6.07, 6.45) is 3.38. The molecule has 0 fully saturated rings. The van der Waals surface area contributed by atoms with E-state index in [4.69, 9.17) is 16.0 Å². The van der Waals surface area contributed by atoms with Gasteiger partial charge in [-0.1, -0.05) is 24.9 Å². The first-order valence-corrected chi connectivity index (χ1v) is 6.02. The Balaban J connectivity index is 2.15. The standard InChI is InChI=1S/C14H15ClO/c1-2-3-4-13-9-10-14(16-13)11-5-7-12(15)8-6-11/h5-10H,2-4H2,1H3. The van der Waals surface area contributed by atoms with Gasteiger partial charge in [0.25, 0.3) is 0 Å². The summed E-state index contributed by atoms with van der Waals surface area (Å²) in [6.45, 7) is 2.18. The second kappa shape index (κ2) is 5.22. The zero-order valence-corrected chi connectivity index (χ0v) is 10.1. The summed E-state index contributed by atoms with van der Waals surface area (Å²) in [5.74, 6) is 1.98. The molecule has 0 saturated carbocycles. The Morgan fingerprint density at radius 3 is 2.50 bits per heavy atom. The number of furan rings is 1. The fraction of sp³-hybridized carbons (Fsp3) is 0.286. The van der Waals surface area contributed by atoms with E-state index in [1.165, 1.54) is 12.8 Å². The van der Waals surface area contributed by atoms with Gasteiger partial charge in [-0.2, -0.15) is 0 Å². The van der Waals surface area contributed by atoms with E-state index < -0.39 is 0 Å². The average molecular weight is 235 g/mol. The molecule has 1 aromatic heterocycles. The highest BCUT2D eigenvalue weighted by Crippen LogP contribution is 2.24. The molecular formula is C14H15ClO. The first-order valence-electron chi connectivity index (χ1n) is 5.64. The molecule has 0 amide bonds. The number of benzene rings is 1. The third kappa shape index (κ3) is 2.67. The average Bonchev–Trinajstić information content (AvgIpc) is 2.76. The largest absolute Gasteiger partial charge is 0.461 e. The van der Waals surface area contributed by atoms with E-state index in [9.17, 15) is 0 Å². The molecule has 0 aliphatic heterocycles. The van der Waals surface area contributed by atoms with Crippen LogP contribution in [-0.2, 0) is 6.42 Å². The molecule has 0 aliphatic carbocycles. The number of rotatable bonds is 4. The van der Waals surface area contributed by atoms with Gasteiger partial charge in [0.15, 0.2) is 0 Å². The Hall–Kier alpha value is -1.21. The zero-order valence-electron chi connectivity index (χ0n) is 9.37. The molecule has 2 rings (SSSR count). The Morgan fingerprint density at radius 2 is 1.81 bits per heavy atom. The molecule has 0 radical (unpaired) electrons. The second-order valence-corrected chi connectivity index (χ2v) is 4.31. The number of halogens is 1. The van der Waals surface area contributed by atoms with Crippen LogP contribution in [0.3, 0.4) is 0 Å². The van der Waals surface area contributed by atoms with Crippen molar-refractivity contribution in [2.45, 2.75) is 26.2 Å². The fourth-order valence-electron chi connectivity index (χ4n) is 1.63. The normalized spacial score (nSPS) is 10.6. The lowest BCUT2D eigenvalue weighted by Crippen LogP contribution is -1.79. The molecule has 0 bridgehead atoms. The van der Waals surface area contributed by atoms with E-state index in [-0.39, 0.29) is 0 Å². The number of hydrogen-bond acceptors (Lipinski definition) is 1. The molecule has 84 valence electrons. The molecule has 1 aromatic carbocycles. The minimum absolute atomic E-state index is 0.751. The van der Waals surface area contributed by atoms with Crippen LogP contribution in [0.25, 0.3) is 11.3 Å². The Kier molecular flexibility index (Phi) is 3.68. The van der Waals surface area contributed by atoms with Crippen LogP contribution in [0, 0.1) is 0 Å². The van der Waals surface area contributed by atoms with Gasteiger partial charge in [0.1, 0.15) is 11.5 Å². The van der Waals surface area contributed by atoms with Gasteiger partial charge in [-0.05, 0) is 42.8 Å². The maximum absolute atomic E-state index is 5.84. The number of hydrogen-bond donors (Lipinski definition) is 0. The van der Waals surface area contributed by atoms with Gasteiger partial charge >= 0.3 is 0 Å².